The van der Waals surface area contributed by atoms with Crippen LogP contribution in [0, 0.1) is 0 Å². The van der Waals surface area contributed by atoms with Gasteiger partial charge in [-0.3, -0.25) is 14.4 Å². The van der Waals surface area contributed by atoms with Gasteiger partial charge in [0.25, 0.3) is 11.5 Å². The number of fused-ring (bicyclic) bond motifs is 1. The average Bonchev–Trinajstić information content (AvgIpc) is 2.79. The number of amides is 2. The van der Waals surface area contributed by atoms with Crippen LogP contribution in [0.1, 0.15) is 49.4 Å². The first-order chi connectivity index (χ1) is 15.5. The summed E-state index contributed by atoms with van der Waals surface area (Å²) in [5, 5.41) is 5.68. The van der Waals surface area contributed by atoms with Crippen molar-refractivity contribution in [2.75, 3.05) is 11.9 Å². The van der Waals surface area contributed by atoms with E-state index in [-0.39, 0.29) is 17.5 Å². The van der Waals surface area contributed by atoms with Gasteiger partial charge in [-0.05, 0) is 56.4 Å². The van der Waals surface area contributed by atoms with Gasteiger partial charge < -0.3 is 15.6 Å². The Bertz CT molecular complexity index is 1260. The number of aromatic nitrogens is 2. The molecular formula is C25H26N4O3. The van der Waals surface area contributed by atoms with E-state index in [4.69, 9.17) is 0 Å². The van der Waals surface area contributed by atoms with Gasteiger partial charge in [-0.1, -0.05) is 29.8 Å². The van der Waals surface area contributed by atoms with Gasteiger partial charge in [0.1, 0.15) is 5.69 Å². The maximum Gasteiger partial charge on any atom is 0.275 e. The molecule has 4 rings (SSSR count). The van der Waals surface area contributed by atoms with Crippen LogP contribution in [0.25, 0.3) is 22.3 Å². The maximum atomic E-state index is 12.8. The minimum atomic E-state index is -0.392. The van der Waals surface area contributed by atoms with Crippen LogP contribution in [0.4, 0.5) is 5.69 Å². The van der Waals surface area contributed by atoms with Gasteiger partial charge in [0, 0.05) is 24.6 Å². The molecule has 164 valence electrons. The third kappa shape index (κ3) is 4.94. The first kappa shape index (κ1) is 21.5. The van der Waals surface area contributed by atoms with E-state index in [1.807, 2.05) is 0 Å². The Kier molecular flexibility index (Phi) is 6.44. The first-order valence-electron chi connectivity index (χ1n) is 10.9. The lowest BCUT2D eigenvalue weighted by Crippen LogP contribution is -2.25. The molecule has 1 aromatic heterocycles. The first-order valence-corrected chi connectivity index (χ1v) is 10.9. The minimum absolute atomic E-state index is 0.177. The zero-order valence-electron chi connectivity index (χ0n) is 18.0. The molecule has 0 saturated heterocycles. The summed E-state index contributed by atoms with van der Waals surface area (Å²) < 4.78 is 0. The predicted octanol–water partition coefficient (Wildman–Crippen LogP) is 4.17. The van der Waals surface area contributed by atoms with E-state index in [0.29, 0.717) is 34.4 Å². The number of carbonyl (C=O) groups excluding carboxylic acids is 2. The number of hydrogen-bond acceptors (Lipinski definition) is 4. The molecule has 0 radical (unpaired) electrons. The molecule has 7 heteroatoms. The second-order valence-corrected chi connectivity index (χ2v) is 7.99. The highest BCUT2D eigenvalue weighted by Crippen LogP contribution is 2.25. The summed E-state index contributed by atoms with van der Waals surface area (Å²) in [4.78, 5) is 44.2. The number of para-hydroxylation sites is 1. The number of allylic oxidation sites excluding steroid dienone is 1. The number of nitrogens with one attached hydrogen (secondary N) is 3. The molecule has 0 unspecified atom stereocenters. The molecule has 0 fully saturated rings. The van der Waals surface area contributed by atoms with Gasteiger partial charge in [0.15, 0.2) is 0 Å². The topological polar surface area (TPSA) is 104 Å². The van der Waals surface area contributed by atoms with E-state index < -0.39 is 5.56 Å². The Morgan fingerprint density at radius 3 is 2.75 bits per heavy atom. The molecule has 1 heterocycles. The summed E-state index contributed by atoms with van der Waals surface area (Å²) in [6, 6.07) is 12.1. The second kappa shape index (κ2) is 9.60. The number of rotatable bonds is 6. The van der Waals surface area contributed by atoms with E-state index in [1.165, 1.54) is 25.3 Å². The molecule has 1 aliphatic carbocycles. The molecule has 32 heavy (non-hydrogen) atoms. The molecule has 2 amide bonds. The van der Waals surface area contributed by atoms with Gasteiger partial charge in [0.2, 0.25) is 5.91 Å². The smallest absolute Gasteiger partial charge is 0.275 e. The van der Waals surface area contributed by atoms with Crippen molar-refractivity contribution in [3.05, 3.63) is 70.0 Å². The van der Waals surface area contributed by atoms with Crippen molar-refractivity contribution in [3.63, 3.8) is 0 Å². The summed E-state index contributed by atoms with van der Waals surface area (Å²) in [5.74, 6) is -0.408. The second-order valence-electron chi connectivity index (χ2n) is 7.99. The van der Waals surface area contributed by atoms with Crippen LogP contribution >= 0.6 is 0 Å². The Hall–Kier alpha value is -3.74. The van der Waals surface area contributed by atoms with Crippen molar-refractivity contribution in [2.24, 2.45) is 0 Å². The number of H-pyrrole nitrogens is 1. The third-order valence-electron chi connectivity index (χ3n) is 5.56. The molecule has 0 spiro atoms. The summed E-state index contributed by atoms with van der Waals surface area (Å²) in [6.07, 6.45) is 7.87. The molecule has 3 N–H and O–H groups in total. The van der Waals surface area contributed by atoms with Crippen molar-refractivity contribution >= 4 is 28.5 Å². The van der Waals surface area contributed by atoms with E-state index >= 15 is 0 Å². The maximum absolute atomic E-state index is 12.8. The fourth-order valence-electron chi connectivity index (χ4n) is 3.97. The van der Waals surface area contributed by atoms with E-state index in [0.717, 1.165) is 19.3 Å². The highest BCUT2D eigenvalue weighted by Gasteiger charge is 2.14. The quantitative estimate of drug-likeness (QED) is 0.511. The van der Waals surface area contributed by atoms with Crippen molar-refractivity contribution < 1.29 is 9.59 Å². The summed E-state index contributed by atoms with van der Waals surface area (Å²) in [5.41, 5.74) is 3.79. The largest absolute Gasteiger partial charge is 0.352 e. The Balaban J connectivity index is 1.55. The summed E-state index contributed by atoms with van der Waals surface area (Å²) in [7, 11) is 0. The van der Waals surface area contributed by atoms with E-state index in [9.17, 15) is 14.4 Å². The Labute approximate surface area is 186 Å². The van der Waals surface area contributed by atoms with Gasteiger partial charge in [-0.25, -0.2) is 4.98 Å². The minimum Gasteiger partial charge on any atom is -0.352 e. The molecule has 7 nitrogen and oxygen atoms in total. The highest BCUT2D eigenvalue weighted by molar-refractivity contribution is 5.98. The molecule has 1 aliphatic rings. The van der Waals surface area contributed by atoms with Gasteiger partial charge in [-0.2, -0.15) is 0 Å². The number of anilines is 1. The van der Waals surface area contributed by atoms with Gasteiger partial charge in [-0.15, -0.1) is 0 Å². The highest BCUT2D eigenvalue weighted by atomic mass is 16.2. The lowest BCUT2D eigenvalue weighted by atomic mass is 9.97. The molecule has 3 aromatic rings. The fraction of sp³-hybridized carbons (Fsp3) is 0.280. The van der Waals surface area contributed by atoms with Crippen molar-refractivity contribution in [1.82, 2.24) is 15.3 Å². The van der Waals surface area contributed by atoms with Crippen LogP contribution < -0.4 is 16.2 Å². The molecule has 0 bridgehead atoms. The van der Waals surface area contributed by atoms with Crippen LogP contribution in [0.2, 0.25) is 0 Å². The standard InChI is InChI=1S/C25H26N4O3/c1-16(30)27-20-10-6-5-9-19(20)23-25(32)29-22-15-18(11-12-21(22)28-23)24(31)26-14-13-17-7-3-2-4-8-17/h5-7,9-12,15H,2-4,8,13-14H2,1H3,(H,26,31)(H,27,30)(H,29,32). The van der Waals surface area contributed by atoms with Gasteiger partial charge >= 0.3 is 0 Å². The van der Waals surface area contributed by atoms with Crippen molar-refractivity contribution in [1.29, 1.82) is 0 Å². The number of nitrogens with zero attached hydrogens (tertiary/aromatic N) is 1. The lowest BCUT2D eigenvalue weighted by molar-refractivity contribution is -0.114. The Morgan fingerprint density at radius 1 is 1.12 bits per heavy atom. The molecule has 0 saturated carbocycles. The number of hydrogen-bond donors (Lipinski definition) is 3. The van der Waals surface area contributed by atoms with Crippen LogP contribution in [0.15, 0.2) is 58.9 Å². The van der Waals surface area contributed by atoms with Crippen LogP contribution in [-0.2, 0) is 4.79 Å². The number of carbonyl (C=O) groups is 2. The van der Waals surface area contributed by atoms with E-state index in [2.05, 4.69) is 26.7 Å². The molecule has 0 aliphatic heterocycles. The van der Waals surface area contributed by atoms with Crippen LogP contribution in [0.5, 0.6) is 0 Å². The Morgan fingerprint density at radius 2 is 1.97 bits per heavy atom. The number of aromatic amines is 1. The lowest BCUT2D eigenvalue weighted by Gasteiger charge is -2.13. The third-order valence-corrected chi connectivity index (χ3v) is 5.56. The fourth-order valence-corrected chi connectivity index (χ4v) is 3.97. The van der Waals surface area contributed by atoms with Crippen LogP contribution in [-0.4, -0.2) is 28.3 Å². The van der Waals surface area contributed by atoms with Gasteiger partial charge in [0.05, 0.1) is 16.7 Å². The van der Waals surface area contributed by atoms with E-state index in [1.54, 1.807) is 42.5 Å². The van der Waals surface area contributed by atoms with Crippen molar-refractivity contribution in [3.8, 4) is 11.3 Å². The van der Waals surface area contributed by atoms with Crippen molar-refractivity contribution in [2.45, 2.75) is 39.0 Å². The normalized spacial score (nSPS) is 13.5. The average molecular weight is 431 g/mol. The predicted molar refractivity (Wildman–Crippen MR) is 126 cm³/mol. The molecule has 0 atom stereocenters. The SMILES string of the molecule is CC(=O)Nc1ccccc1-c1nc2ccc(C(=O)NCCC3=CCCCC3)cc2[nH]c1=O. The molecule has 2 aromatic carbocycles. The zero-order chi connectivity index (χ0) is 22.5. The monoisotopic (exact) mass is 430 g/mol. The molecular weight excluding hydrogens is 404 g/mol. The summed E-state index contributed by atoms with van der Waals surface area (Å²) in [6.45, 7) is 2.00. The zero-order valence-corrected chi connectivity index (χ0v) is 18.0. The van der Waals surface area contributed by atoms with Crippen LogP contribution in [0.3, 0.4) is 0 Å². The summed E-state index contributed by atoms with van der Waals surface area (Å²) >= 11 is 0. The number of benzene rings is 2.